The molecule has 0 radical (unpaired) electrons. The first-order valence-electron chi connectivity index (χ1n) is 6.37. The van der Waals surface area contributed by atoms with Crippen molar-refractivity contribution in [3.8, 4) is 0 Å². The minimum Gasteiger partial charge on any atom is -0.464 e. The van der Waals surface area contributed by atoms with Gasteiger partial charge in [0.2, 0.25) is 5.91 Å². The fourth-order valence-electron chi connectivity index (χ4n) is 1.61. The molecule has 0 bridgehead atoms. The van der Waals surface area contributed by atoms with Crippen LogP contribution in [-0.2, 0) is 27.0 Å². The molecule has 0 aromatic carbocycles. The molecule has 10 heteroatoms. The summed E-state index contributed by atoms with van der Waals surface area (Å²) in [4.78, 5) is 23.3. The van der Waals surface area contributed by atoms with Crippen molar-refractivity contribution in [2.75, 3.05) is 12.4 Å². The molecule has 1 rings (SSSR count). The molecule has 1 aromatic heterocycles. The average molecular weight is 339 g/mol. The standard InChI is InChI=1S/C12H16F3N3O3S/c1-3-21-11(20)8(6-22)16-10(19)5-18-7(2)4-9(17-18)12(13,14)15/h4,8,22H,3,5-6H2,1-2H3,(H,16,19)/t8-/m0/s1. The zero-order chi connectivity index (χ0) is 16.9. The van der Waals surface area contributed by atoms with Crippen LogP contribution in [0.1, 0.15) is 18.3 Å². The van der Waals surface area contributed by atoms with Crippen molar-refractivity contribution in [2.24, 2.45) is 0 Å². The Bertz CT molecular complexity index is 545. The number of aryl methyl sites for hydroxylation is 1. The number of ether oxygens (including phenoxy) is 1. The van der Waals surface area contributed by atoms with Gasteiger partial charge in [-0.1, -0.05) is 0 Å². The number of amides is 1. The molecule has 0 fully saturated rings. The van der Waals surface area contributed by atoms with Gasteiger partial charge in [0.1, 0.15) is 12.6 Å². The Morgan fingerprint density at radius 3 is 2.59 bits per heavy atom. The second kappa shape index (κ2) is 7.52. The number of nitrogens with one attached hydrogen (secondary N) is 1. The number of hydrogen-bond acceptors (Lipinski definition) is 5. The summed E-state index contributed by atoms with van der Waals surface area (Å²) in [5.74, 6) is -1.30. The molecule has 1 amide bonds. The van der Waals surface area contributed by atoms with Gasteiger partial charge in [-0.3, -0.25) is 9.48 Å². The van der Waals surface area contributed by atoms with E-state index in [0.717, 1.165) is 10.7 Å². The molecular weight excluding hydrogens is 323 g/mol. The number of alkyl halides is 3. The molecule has 0 aliphatic carbocycles. The normalized spacial score (nSPS) is 12.8. The van der Waals surface area contributed by atoms with Crippen LogP contribution in [0.5, 0.6) is 0 Å². The third-order valence-corrected chi connectivity index (χ3v) is 3.02. The number of nitrogens with zero attached hydrogens (tertiary/aromatic N) is 2. The maximum atomic E-state index is 12.5. The molecule has 1 aromatic rings. The Morgan fingerprint density at radius 1 is 1.50 bits per heavy atom. The Morgan fingerprint density at radius 2 is 2.14 bits per heavy atom. The average Bonchev–Trinajstić information content (AvgIpc) is 2.77. The van der Waals surface area contributed by atoms with Gasteiger partial charge in [-0.05, 0) is 19.9 Å². The molecular formula is C12H16F3N3O3S. The highest BCUT2D eigenvalue weighted by Gasteiger charge is 2.34. The summed E-state index contributed by atoms with van der Waals surface area (Å²) in [6.07, 6.45) is -4.58. The van der Waals surface area contributed by atoms with E-state index in [1.54, 1.807) is 6.92 Å². The number of aromatic nitrogens is 2. The Kier molecular flexibility index (Phi) is 6.27. The Labute approximate surface area is 130 Å². The first-order chi connectivity index (χ1) is 10.2. The van der Waals surface area contributed by atoms with Gasteiger partial charge in [0.05, 0.1) is 6.61 Å². The molecule has 0 spiro atoms. The van der Waals surface area contributed by atoms with Crippen molar-refractivity contribution in [1.82, 2.24) is 15.1 Å². The van der Waals surface area contributed by atoms with E-state index in [-0.39, 0.29) is 18.1 Å². The number of halogens is 3. The predicted octanol–water partition coefficient (Wildman–Crippen LogP) is 1.19. The third-order valence-electron chi connectivity index (χ3n) is 2.65. The maximum absolute atomic E-state index is 12.5. The Hall–Kier alpha value is -1.71. The van der Waals surface area contributed by atoms with E-state index in [0.29, 0.717) is 0 Å². The van der Waals surface area contributed by atoms with Gasteiger partial charge in [0.25, 0.3) is 0 Å². The molecule has 124 valence electrons. The van der Waals surface area contributed by atoms with Crippen LogP contribution in [0.15, 0.2) is 6.07 Å². The highest BCUT2D eigenvalue weighted by Crippen LogP contribution is 2.28. The number of hydrogen-bond donors (Lipinski definition) is 2. The van der Waals surface area contributed by atoms with Crippen LogP contribution in [0, 0.1) is 6.92 Å². The lowest BCUT2D eigenvalue weighted by Gasteiger charge is -2.15. The molecule has 1 N–H and O–H groups in total. The summed E-state index contributed by atoms with van der Waals surface area (Å²) in [5.41, 5.74) is -0.894. The lowest BCUT2D eigenvalue weighted by atomic mass is 10.3. The molecule has 22 heavy (non-hydrogen) atoms. The second-order valence-electron chi connectivity index (χ2n) is 4.38. The largest absolute Gasteiger partial charge is 0.464 e. The summed E-state index contributed by atoms with van der Waals surface area (Å²) in [5, 5.41) is 5.67. The quantitative estimate of drug-likeness (QED) is 0.603. The highest BCUT2D eigenvalue weighted by atomic mass is 32.1. The molecule has 6 nitrogen and oxygen atoms in total. The van der Waals surface area contributed by atoms with Gasteiger partial charge < -0.3 is 10.1 Å². The van der Waals surface area contributed by atoms with Crippen LogP contribution < -0.4 is 5.32 Å². The van der Waals surface area contributed by atoms with Crippen LogP contribution in [-0.4, -0.2) is 40.1 Å². The summed E-state index contributed by atoms with van der Waals surface area (Å²) in [6, 6.07) is -0.122. The lowest BCUT2D eigenvalue weighted by molar-refractivity contribution is -0.146. The molecule has 0 aliphatic rings. The number of esters is 1. The minimum absolute atomic E-state index is 0.0104. The van der Waals surface area contributed by atoms with E-state index in [4.69, 9.17) is 4.74 Å². The van der Waals surface area contributed by atoms with E-state index in [1.165, 1.54) is 6.92 Å². The predicted molar refractivity (Wildman–Crippen MR) is 74.4 cm³/mol. The number of thiol groups is 1. The van der Waals surface area contributed by atoms with Crippen molar-refractivity contribution in [3.05, 3.63) is 17.5 Å². The van der Waals surface area contributed by atoms with E-state index >= 15 is 0 Å². The van der Waals surface area contributed by atoms with Crippen molar-refractivity contribution in [2.45, 2.75) is 32.6 Å². The van der Waals surface area contributed by atoms with Gasteiger partial charge in [0, 0.05) is 11.4 Å². The van der Waals surface area contributed by atoms with Crippen molar-refractivity contribution >= 4 is 24.5 Å². The molecule has 0 saturated heterocycles. The highest BCUT2D eigenvalue weighted by molar-refractivity contribution is 7.80. The van der Waals surface area contributed by atoms with Gasteiger partial charge in [-0.25, -0.2) is 4.79 Å². The monoisotopic (exact) mass is 339 g/mol. The SMILES string of the molecule is CCOC(=O)[C@H](CS)NC(=O)Cn1nc(C(F)(F)F)cc1C. The molecule has 0 saturated carbocycles. The van der Waals surface area contributed by atoms with Crippen LogP contribution in [0.25, 0.3) is 0 Å². The van der Waals surface area contributed by atoms with E-state index in [2.05, 4.69) is 23.0 Å². The summed E-state index contributed by atoms with van der Waals surface area (Å²) in [7, 11) is 0. The van der Waals surface area contributed by atoms with Crippen LogP contribution in [0.3, 0.4) is 0 Å². The van der Waals surface area contributed by atoms with Crippen LogP contribution >= 0.6 is 12.6 Å². The Balaban J connectivity index is 2.72. The smallest absolute Gasteiger partial charge is 0.435 e. The fraction of sp³-hybridized carbons (Fsp3) is 0.583. The minimum atomic E-state index is -4.58. The van der Waals surface area contributed by atoms with Crippen molar-refractivity contribution in [1.29, 1.82) is 0 Å². The van der Waals surface area contributed by atoms with Gasteiger partial charge >= 0.3 is 12.1 Å². The van der Waals surface area contributed by atoms with E-state index < -0.39 is 36.3 Å². The second-order valence-corrected chi connectivity index (χ2v) is 4.75. The van der Waals surface area contributed by atoms with Gasteiger partial charge in [-0.2, -0.15) is 30.9 Å². The number of carbonyl (C=O) groups excluding carboxylic acids is 2. The van der Waals surface area contributed by atoms with Crippen LogP contribution in [0.2, 0.25) is 0 Å². The van der Waals surface area contributed by atoms with Crippen molar-refractivity contribution < 1.29 is 27.5 Å². The van der Waals surface area contributed by atoms with Crippen molar-refractivity contribution in [3.63, 3.8) is 0 Å². The van der Waals surface area contributed by atoms with Gasteiger partial charge in [-0.15, -0.1) is 0 Å². The number of rotatable bonds is 6. The summed E-state index contributed by atoms with van der Waals surface area (Å²) >= 11 is 3.92. The van der Waals surface area contributed by atoms with Gasteiger partial charge in [0.15, 0.2) is 5.69 Å². The first kappa shape index (κ1) is 18.3. The summed E-state index contributed by atoms with van der Waals surface area (Å²) in [6.45, 7) is 2.72. The van der Waals surface area contributed by atoms with E-state index in [1.807, 2.05) is 0 Å². The first-order valence-corrected chi connectivity index (χ1v) is 7.00. The third kappa shape index (κ3) is 4.93. The molecule has 0 unspecified atom stereocenters. The zero-order valence-corrected chi connectivity index (χ0v) is 12.9. The lowest BCUT2D eigenvalue weighted by Crippen LogP contribution is -2.44. The molecule has 1 atom stereocenters. The van der Waals surface area contributed by atoms with Crippen LogP contribution in [0.4, 0.5) is 13.2 Å². The fourth-order valence-corrected chi connectivity index (χ4v) is 1.85. The number of carbonyl (C=O) groups is 2. The summed E-state index contributed by atoms with van der Waals surface area (Å²) < 4.78 is 43.2. The zero-order valence-electron chi connectivity index (χ0n) is 12.0. The molecule has 0 aliphatic heterocycles. The molecule has 1 heterocycles. The topological polar surface area (TPSA) is 73.2 Å². The maximum Gasteiger partial charge on any atom is 0.435 e. The van der Waals surface area contributed by atoms with E-state index in [9.17, 15) is 22.8 Å².